The number of hydrogen-bond acceptors (Lipinski definition) is 4. The van der Waals surface area contributed by atoms with Gasteiger partial charge in [0.1, 0.15) is 17.7 Å². The Labute approximate surface area is 190 Å². The van der Waals surface area contributed by atoms with Crippen molar-refractivity contribution >= 4 is 35.8 Å². The summed E-state index contributed by atoms with van der Waals surface area (Å²) in [5, 5.41) is 6.24. The maximum Gasteiger partial charge on any atom is 0.234 e. The van der Waals surface area contributed by atoms with Gasteiger partial charge in [0.15, 0.2) is 5.96 Å². The van der Waals surface area contributed by atoms with Gasteiger partial charge in [0, 0.05) is 45.3 Å². The number of nitrogens with zero attached hydrogens (tertiary/aromatic N) is 3. The van der Waals surface area contributed by atoms with Crippen molar-refractivity contribution in [2.75, 3.05) is 46.3 Å². The molecule has 9 heteroatoms. The third-order valence-corrected chi connectivity index (χ3v) is 4.38. The van der Waals surface area contributed by atoms with E-state index in [0.29, 0.717) is 18.8 Å². The molecular weight excluding hydrogens is 488 g/mol. The van der Waals surface area contributed by atoms with Gasteiger partial charge in [-0.05, 0) is 32.9 Å². The minimum atomic E-state index is -0.312. The number of carbonyl (C=O) groups excluding carboxylic acids is 1. The number of guanidine groups is 1. The van der Waals surface area contributed by atoms with Gasteiger partial charge in [0.2, 0.25) is 5.91 Å². The molecule has 0 bridgehead atoms. The number of carbonyl (C=O) groups is 1. The summed E-state index contributed by atoms with van der Waals surface area (Å²) in [5.74, 6) is 1.07. The normalized spacial score (nSPS) is 16.2. The SMILES string of the molecule is CN=C(NCC(C)Oc1cccc(F)c1)N1CCN(CC(=O)NC(C)C)CC1.I. The van der Waals surface area contributed by atoms with Crippen LogP contribution in [0.25, 0.3) is 0 Å². The summed E-state index contributed by atoms with van der Waals surface area (Å²) in [6, 6.07) is 6.30. The van der Waals surface area contributed by atoms with Gasteiger partial charge in [-0.15, -0.1) is 24.0 Å². The fraction of sp³-hybridized carbons (Fsp3) is 0.600. The predicted octanol–water partition coefficient (Wildman–Crippen LogP) is 1.93. The van der Waals surface area contributed by atoms with E-state index < -0.39 is 0 Å². The fourth-order valence-electron chi connectivity index (χ4n) is 3.07. The minimum Gasteiger partial charge on any atom is -0.489 e. The van der Waals surface area contributed by atoms with E-state index >= 15 is 0 Å². The van der Waals surface area contributed by atoms with Crippen LogP contribution in [-0.2, 0) is 4.79 Å². The van der Waals surface area contributed by atoms with Crippen molar-refractivity contribution in [3.05, 3.63) is 30.1 Å². The molecule has 0 spiro atoms. The molecule has 0 aromatic heterocycles. The van der Waals surface area contributed by atoms with Crippen molar-refractivity contribution in [1.82, 2.24) is 20.4 Å². The molecule has 164 valence electrons. The lowest BCUT2D eigenvalue weighted by Gasteiger charge is -2.36. The molecule has 1 aromatic rings. The first kappa shape index (κ1) is 25.4. The Balaban J connectivity index is 0.00000420. The topological polar surface area (TPSA) is 69.2 Å². The molecule has 2 N–H and O–H groups in total. The largest absolute Gasteiger partial charge is 0.489 e. The second kappa shape index (κ2) is 12.8. The molecule has 7 nitrogen and oxygen atoms in total. The lowest BCUT2D eigenvalue weighted by molar-refractivity contribution is -0.123. The van der Waals surface area contributed by atoms with Crippen LogP contribution in [0.3, 0.4) is 0 Å². The number of ether oxygens (including phenoxy) is 1. The number of hydrogen-bond donors (Lipinski definition) is 2. The number of benzene rings is 1. The Morgan fingerprint density at radius 3 is 2.52 bits per heavy atom. The molecule has 1 fully saturated rings. The van der Waals surface area contributed by atoms with Crippen molar-refractivity contribution < 1.29 is 13.9 Å². The first-order valence-electron chi connectivity index (χ1n) is 9.77. The third-order valence-electron chi connectivity index (χ3n) is 4.38. The minimum absolute atomic E-state index is 0. The Hall–Kier alpha value is -1.62. The summed E-state index contributed by atoms with van der Waals surface area (Å²) < 4.78 is 19.0. The standard InChI is InChI=1S/C20H32FN5O2.HI/c1-15(2)24-19(27)14-25-8-10-26(11-9-25)20(22-4)23-13-16(3)28-18-7-5-6-17(21)12-18;/h5-7,12,15-16H,8-11,13-14H2,1-4H3,(H,22,23)(H,24,27);1H. The van der Waals surface area contributed by atoms with E-state index in [-0.39, 0.29) is 47.8 Å². The number of piperazine rings is 1. The molecule has 1 heterocycles. The second-order valence-electron chi connectivity index (χ2n) is 7.30. The molecule has 1 aliphatic heterocycles. The molecule has 0 saturated carbocycles. The quantitative estimate of drug-likeness (QED) is 0.326. The van der Waals surface area contributed by atoms with E-state index in [2.05, 4.69) is 25.4 Å². The van der Waals surface area contributed by atoms with Crippen molar-refractivity contribution in [2.24, 2.45) is 4.99 Å². The highest BCUT2D eigenvalue weighted by Crippen LogP contribution is 2.13. The molecular formula is C20H33FIN5O2. The maximum absolute atomic E-state index is 13.3. The van der Waals surface area contributed by atoms with Crippen molar-refractivity contribution in [3.63, 3.8) is 0 Å². The number of amides is 1. The van der Waals surface area contributed by atoms with Gasteiger partial charge in [-0.1, -0.05) is 6.07 Å². The average Bonchev–Trinajstić information content (AvgIpc) is 2.62. The van der Waals surface area contributed by atoms with E-state index in [1.165, 1.54) is 12.1 Å². The number of nitrogens with one attached hydrogen (secondary N) is 2. The first-order valence-corrected chi connectivity index (χ1v) is 9.77. The van der Waals surface area contributed by atoms with Gasteiger partial charge >= 0.3 is 0 Å². The van der Waals surface area contributed by atoms with Crippen LogP contribution in [0.15, 0.2) is 29.3 Å². The van der Waals surface area contributed by atoms with Crippen molar-refractivity contribution in [1.29, 1.82) is 0 Å². The lowest BCUT2D eigenvalue weighted by atomic mass is 10.3. The van der Waals surface area contributed by atoms with Gasteiger partial charge in [-0.2, -0.15) is 0 Å². The molecule has 1 atom stereocenters. The molecule has 1 aromatic carbocycles. The Morgan fingerprint density at radius 1 is 1.24 bits per heavy atom. The van der Waals surface area contributed by atoms with Crippen LogP contribution >= 0.6 is 24.0 Å². The molecule has 1 unspecified atom stereocenters. The van der Waals surface area contributed by atoms with Crippen LogP contribution in [0.2, 0.25) is 0 Å². The zero-order valence-corrected chi connectivity index (χ0v) is 20.0. The monoisotopic (exact) mass is 521 g/mol. The zero-order valence-electron chi connectivity index (χ0n) is 17.7. The lowest BCUT2D eigenvalue weighted by Crippen LogP contribution is -2.55. The summed E-state index contributed by atoms with van der Waals surface area (Å²) in [4.78, 5) is 20.6. The molecule has 1 amide bonds. The highest BCUT2D eigenvalue weighted by molar-refractivity contribution is 14.0. The summed E-state index contributed by atoms with van der Waals surface area (Å²) in [5.41, 5.74) is 0. The summed E-state index contributed by atoms with van der Waals surface area (Å²) >= 11 is 0. The van der Waals surface area contributed by atoms with Crippen LogP contribution in [0.5, 0.6) is 5.75 Å². The number of aliphatic imine (C=N–C) groups is 1. The third kappa shape index (κ3) is 9.16. The highest BCUT2D eigenvalue weighted by Gasteiger charge is 2.21. The number of rotatable bonds is 7. The summed E-state index contributed by atoms with van der Waals surface area (Å²) in [6.07, 6.45) is -0.139. The molecule has 2 rings (SSSR count). The van der Waals surface area contributed by atoms with Crippen LogP contribution < -0.4 is 15.4 Å². The van der Waals surface area contributed by atoms with E-state index in [9.17, 15) is 9.18 Å². The fourth-order valence-corrected chi connectivity index (χ4v) is 3.07. The van der Waals surface area contributed by atoms with Crippen LogP contribution in [0.4, 0.5) is 4.39 Å². The van der Waals surface area contributed by atoms with E-state index in [0.717, 1.165) is 32.1 Å². The van der Waals surface area contributed by atoms with E-state index in [4.69, 9.17) is 4.74 Å². The van der Waals surface area contributed by atoms with Crippen molar-refractivity contribution in [3.8, 4) is 5.75 Å². The van der Waals surface area contributed by atoms with Crippen LogP contribution in [0.1, 0.15) is 20.8 Å². The zero-order chi connectivity index (χ0) is 20.5. The number of halogens is 2. The first-order chi connectivity index (χ1) is 13.4. The molecule has 0 aliphatic carbocycles. The van der Waals surface area contributed by atoms with Gasteiger partial charge in [-0.3, -0.25) is 14.7 Å². The van der Waals surface area contributed by atoms with Crippen LogP contribution in [-0.4, -0.2) is 80.1 Å². The Morgan fingerprint density at radius 2 is 1.93 bits per heavy atom. The van der Waals surface area contributed by atoms with Gasteiger partial charge in [0.05, 0.1) is 13.1 Å². The maximum atomic E-state index is 13.3. The highest BCUT2D eigenvalue weighted by atomic mass is 127. The second-order valence-corrected chi connectivity index (χ2v) is 7.30. The molecule has 1 aliphatic rings. The van der Waals surface area contributed by atoms with Crippen molar-refractivity contribution in [2.45, 2.75) is 32.9 Å². The molecule has 1 saturated heterocycles. The molecule has 0 radical (unpaired) electrons. The van der Waals surface area contributed by atoms with E-state index in [1.807, 2.05) is 20.8 Å². The molecule has 29 heavy (non-hydrogen) atoms. The van der Waals surface area contributed by atoms with Gasteiger partial charge in [-0.25, -0.2) is 4.39 Å². The average molecular weight is 521 g/mol. The smallest absolute Gasteiger partial charge is 0.234 e. The predicted molar refractivity (Wildman–Crippen MR) is 125 cm³/mol. The Kier molecular flexibility index (Phi) is 11.3. The van der Waals surface area contributed by atoms with E-state index in [1.54, 1.807) is 19.2 Å². The Bertz CT molecular complexity index is 666. The van der Waals surface area contributed by atoms with Crippen LogP contribution in [0, 0.1) is 5.82 Å². The summed E-state index contributed by atoms with van der Waals surface area (Å²) in [6.45, 7) is 10.0. The van der Waals surface area contributed by atoms with Gasteiger partial charge in [0.25, 0.3) is 0 Å². The van der Waals surface area contributed by atoms with Gasteiger partial charge < -0.3 is 20.3 Å². The summed E-state index contributed by atoms with van der Waals surface area (Å²) in [7, 11) is 1.75.